The van der Waals surface area contributed by atoms with Crippen LogP contribution in [-0.4, -0.2) is 287 Å². The molecule has 0 unspecified atom stereocenters. The molecule has 0 bridgehead atoms. The zero-order valence-electron chi connectivity index (χ0n) is 76.4. The molecule has 26 N–H and O–H groups in total. The molecule has 43 heteroatoms. The molecule has 2 aliphatic heterocycles. The summed E-state index contributed by atoms with van der Waals surface area (Å²) in [6.45, 7) is 0.612. The molecule has 2 saturated heterocycles. The monoisotopic (exact) mass is 1870 g/mol. The maximum Gasteiger partial charge on any atom is 0.246 e. The van der Waals surface area contributed by atoms with Gasteiger partial charge >= 0.3 is 0 Å². The van der Waals surface area contributed by atoms with Crippen LogP contribution in [0.25, 0.3) is 10.9 Å². The van der Waals surface area contributed by atoms with Gasteiger partial charge in [-0.2, -0.15) is 0 Å². The standard InChI is InChI=1S/C90H140N22O21/c1-3-5-7-8-9-10-11-12-13-14-15-16-20-33-76(118)97-40-41-132-42-43-133-55-78(120)100-51-77(119)102-72(53-113)86(128)106-67(36-37-75(91)117)82(124)109-71(46-59-49-96-56-101-59)85(127)111-73(54-114)87(129)105-65(29-6-4-2)80(122)107-68-35-34-60(115)50-95-38-24-23-31-64(79(92)121)103-84(126)70(45-58-48-99-63-30-22-21-28-62(58)63)108-81(123)66(32-25-39-98-90(93)94)104-83(125)69(44-57-26-18-17-19-27-57)110-88(130)74-47-61(116)52-112(74)89(68)131/h17-19,21-22,26-28,30,48-49,56,61,64-74,95,99,113-114,116H,3-16,20,23-25,29,31-47,50-55H2,1-2H3,(H2,91,117)(H2,92,121)(H,96,101)(H,97,118)(H,100,120)(H,102,119)(H,103,126)(H,104,125)(H,105,129)(H,106,128)(H,107,122)(H,108,123)(H,109,124)(H,110,130)(H,111,127)(H4,93,94,98)/t61-,64+,65+,66+,67+,68+,69-,70+,71+,72+,73+,74+/m1/s1. The number of primary amides is 2. The number of hydrogen-bond donors (Lipinski definition) is 23. The number of Topliss-reactive ketones (excluding diaryl/α,β-unsaturated/α-hetero) is 1. The van der Waals surface area contributed by atoms with Crippen molar-refractivity contribution in [2.45, 2.75) is 279 Å². The van der Waals surface area contributed by atoms with Gasteiger partial charge in [0.1, 0.15) is 78.9 Å². The third kappa shape index (κ3) is 41.7. The molecule has 0 spiro atoms. The van der Waals surface area contributed by atoms with Crippen LogP contribution in [0.4, 0.5) is 0 Å². The summed E-state index contributed by atoms with van der Waals surface area (Å²) >= 11 is 0. The number of carbonyl (C=O) groups is 16. The van der Waals surface area contributed by atoms with Crippen molar-refractivity contribution in [3.63, 3.8) is 0 Å². The van der Waals surface area contributed by atoms with Crippen LogP contribution >= 0.6 is 0 Å². The molecule has 2 fully saturated rings. The highest BCUT2D eigenvalue weighted by Crippen LogP contribution is 2.24. The number of aromatic nitrogens is 3. The van der Waals surface area contributed by atoms with E-state index >= 15 is 14.4 Å². The molecule has 2 aromatic carbocycles. The van der Waals surface area contributed by atoms with Gasteiger partial charge in [0.2, 0.25) is 88.6 Å². The van der Waals surface area contributed by atoms with E-state index in [1.54, 1.807) is 55.6 Å². The molecule has 133 heavy (non-hydrogen) atoms. The highest BCUT2D eigenvalue weighted by atomic mass is 16.5. The molecule has 736 valence electrons. The van der Waals surface area contributed by atoms with E-state index in [1.165, 1.54) is 76.7 Å². The number of nitrogens with two attached hydrogens (primary N) is 3. The molecule has 12 atom stereocenters. The molecule has 15 amide bonds. The van der Waals surface area contributed by atoms with Crippen LogP contribution in [0.5, 0.6) is 0 Å². The molecule has 4 heterocycles. The lowest BCUT2D eigenvalue weighted by molar-refractivity contribution is -0.143. The van der Waals surface area contributed by atoms with Crippen molar-refractivity contribution in [3.8, 4) is 0 Å². The minimum atomic E-state index is -1.92. The van der Waals surface area contributed by atoms with Crippen molar-refractivity contribution >= 4 is 111 Å². The van der Waals surface area contributed by atoms with Gasteiger partial charge in [0.05, 0.1) is 64.2 Å². The first-order valence-electron chi connectivity index (χ1n) is 46.4. The summed E-state index contributed by atoms with van der Waals surface area (Å²) in [5.74, 6) is -14.7. The fourth-order valence-corrected chi connectivity index (χ4v) is 15.3. The van der Waals surface area contributed by atoms with Gasteiger partial charge in [-0.25, -0.2) is 4.98 Å². The topological polar surface area (TPSA) is 670 Å². The van der Waals surface area contributed by atoms with E-state index in [0.717, 1.165) is 35.1 Å². The number of hydrogen-bond acceptors (Lipinski definition) is 24. The Kier molecular flexibility index (Phi) is 50.8. The van der Waals surface area contributed by atoms with Gasteiger partial charge in [0, 0.05) is 87.9 Å². The van der Waals surface area contributed by atoms with Crippen molar-refractivity contribution < 1.29 is 102 Å². The number of ketones is 1. The molecular weight excluding hydrogens is 1730 g/mol. The van der Waals surface area contributed by atoms with Crippen molar-refractivity contribution in [2.24, 2.45) is 17.2 Å². The van der Waals surface area contributed by atoms with Crippen LogP contribution in [0, 0.1) is 5.41 Å². The van der Waals surface area contributed by atoms with E-state index in [0.29, 0.717) is 36.9 Å². The molecule has 0 saturated carbocycles. The number of ether oxygens (including phenoxy) is 2. The van der Waals surface area contributed by atoms with Crippen molar-refractivity contribution in [1.29, 1.82) is 5.41 Å². The van der Waals surface area contributed by atoms with E-state index in [4.69, 9.17) is 32.1 Å². The van der Waals surface area contributed by atoms with Crippen LogP contribution in [0.3, 0.4) is 0 Å². The van der Waals surface area contributed by atoms with Crippen LogP contribution < -0.4 is 91.6 Å². The Hall–Kier alpha value is -12.1. The largest absolute Gasteiger partial charge is 0.394 e. The Balaban J connectivity index is 1.12. The van der Waals surface area contributed by atoms with Gasteiger partial charge < -0.3 is 131 Å². The maximum absolute atomic E-state index is 15.3. The SMILES string of the molecule is CCCCCCCCCCCCCCCC(=O)NCCOCCOCC(=O)NCC(=O)N[C@@H](CO)C(=O)N[C@@H](CCC(N)=O)C(=O)N[C@@H](Cc1c[nH]cn1)C(=O)N[C@@H](CO)C(=O)N[C@@H](CCCC)C(=O)N[C@H]1CCC(=O)CNCCCC[C@@H](C(N)=O)NC(=O)[C@H](Cc2c[nH]c3ccccc23)NC(=O)[C@H](CCCNC(=N)N)NC(=O)[C@@H](Cc2ccccc2)NC(=O)[C@@H]2C[C@@H](O)CN2C1=O. The van der Waals surface area contributed by atoms with Gasteiger partial charge in [0.25, 0.3) is 0 Å². The lowest BCUT2D eigenvalue weighted by atomic mass is 10.0. The van der Waals surface area contributed by atoms with Crippen molar-refractivity contribution in [3.05, 3.63) is 90.1 Å². The predicted molar refractivity (Wildman–Crippen MR) is 489 cm³/mol. The van der Waals surface area contributed by atoms with E-state index in [1.807, 2.05) is 12.1 Å². The lowest BCUT2D eigenvalue weighted by Crippen LogP contribution is -2.61. The molecular formula is C90H140N22O21. The summed E-state index contributed by atoms with van der Waals surface area (Å²) in [4.78, 5) is 235. The van der Waals surface area contributed by atoms with E-state index in [-0.39, 0.29) is 108 Å². The number of aromatic amines is 2. The van der Waals surface area contributed by atoms with Crippen molar-refractivity contribution in [2.75, 3.05) is 78.9 Å². The quantitative estimate of drug-likeness (QED) is 0.0127. The smallest absolute Gasteiger partial charge is 0.246 e. The highest BCUT2D eigenvalue weighted by Gasteiger charge is 2.44. The van der Waals surface area contributed by atoms with Crippen LogP contribution in [0.1, 0.15) is 204 Å². The number of fused-ring (bicyclic) bond motifs is 2. The van der Waals surface area contributed by atoms with Gasteiger partial charge in [-0.1, -0.05) is 152 Å². The number of benzene rings is 2. The number of aliphatic hydroxyl groups excluding tert-OH is 3. The van der Waals surface area contributed by atoms with Crippen LogP contribution in [-0.2, 0) is 105 Å². The molecule has 0 aliphatic carbocycles. The summed E-state index contributed by atoms with van der Waals surface area (Å²) < 4.78 is 10.8. The number of guanidine groups is 1. The van der Waals surface area contributed by atoms with Crippen LogP contribution in [0.2, 0.25) is 0 Å². The number of nitrogens with zero attached hydrogens (tertiary/aromatic N) is 2. The van der Waals surface area contributed by atoms with Crippen molar-refractivity contribution in [1.82, 2.24) is 94.3 Å². The number of aliphatic hydroxyl groups is 3. The number of rotatable bonds is 54. The molecule has 0 radical (unpaired) electrons. The maximum atomic E-state index is 15.3. The summed E-state index contributed by atoms with van der Waals surface area (Å²) in [6, 6.07) is -2.07. The van der Waals surface area contributed by atoms with Gasteiger partial charge in [-0.15, -0.1) is 0 Å². The Labute approximate surface area is 774 Å². The number of unbranched alkanes of at least 4 members (excludes halogenated alkanes) is 13. The summed E-state index contributed by atoms with van der Waals surface area (Å²) in [5, 5.41) is 77.2. The van der Waals surface area contributed by atoms with Gasteiger partial charge in [0.15, 0.2) is 5.96 Å². The minimum absolute atomic E-state index is 0.00745. The molecule has 2 aromatic heterocycles. The van der Waals surface area contributed by atoms with Gasteiger partial charge in [-0.05, 0) is 81.5 Å². The second-order valence-electron chi connectivity index (χ2n) is 33.5. The second kappa shape index (κ2) is 61.6. The number of imidazole rings is 1. The van der Waals surface area contributed by atoms with E-state index in [2.05, 4.69) is 96.3 Å². The average Bonchev–Trinajstić information content (AvgIpc) is 1.65. The Morgan fingerprint density at radius 3 is 1.83 bits per heavy atom. The fraction of sp³-hybridized carbons (Fsp3) is 0.622. The lowest BCUT2D eigenvalue weighted by Gasteiger charge is -2.31. The summed E-state index contributed by atoms with van der Waals surface area (Å²) in [6.07, 6.45) is 17.0. The first-order valence-corrected chi connectivity index (χ1v) is 46.4. The molecule has 4 aromatic rings. The molecule has 6 rings (SSSR count). The van der Waals surface area contributed by atoms with E-state index < -0.39 is 232 Å². The number of carbonyl (C=O) groups excluding carboxylic acids is 16. The Bertz CT molecular complexity index is 4370. The minimum Gasteiger partial charge on any atom is -0.394 e. The van der Waals surface area contributed by atoms with E-state index in [9.17, 15) is 77.6 Å². The van der Waals surface area contributed by atoms with Gasteiger partial charge in [-0.3, -0.25) is 82.1 Å². The molecule has 43 nitrogen and oxygen atoms in total. The number of H-pyrrole nitrogens is 2. The Morgan fingerprint density at radius 2 is 1.17 bits per heavy atom. The zero-order chi connectivity index (χ0) is 96.8. The third-order valence-corrected chi connectivity index (χ3v) is 22.7. The average molecular weight is 1870 g/mol. The summed E-state index contributed by atoms with van der Waals surface area (Å²) in [5.41, 5.74) is 18.9. The first kappa shape index (κ1) is 110. The second-order valence-corrected chi connectivity index (χ2v) is 33.5. The molecule has 2 aliphatic rings. The predicted octanol–water partition coefficient (Wildman–Crippen LogP) is -2.21. The first-order chi connectivity index (χ1) is 64.0. The van der Waals surface area contributed by atoms with Crippen LogP contribution in [0.15, 0.2) is 73.3 Å². The highest BCUT2D eigenvalue weighted by molar-refractivity contribution is 6.01. The fourth-order valence-electron chi connectivity index (χ4n) is 15.3. The number of para-hydroxylation sites is 1. The third-order valence-electron chi connectivity index (χ3n) is 22.7. The Morgan fingerprint density at radius 1 is 0.571 bits per heavy atom. The normalized spacial score (nSPS) is 19.1. The zero-order valence-corrected chi connectivity index (χ0v) is 76.4. The number of amides is 15. The number of nitrogens with one attached hydrogen (secondary N) is 17. The summed E-state index contributed by atoms with van der Waals surface area (Å²) in [7, 11) is 0.